The van der Waals surface area contributed by atoms with Crippen LogP contribution in [0.4, 0.5) is 0 Å². The molecular formula is C15H22N2O. The Kier molecular flexibility index (Phi) is 3.71. The van der Waals surface area contributed by atoms with Crippen molar-refractivity contribution in [3.05, 3.63) is 35.4 Å². The molecule has 1 fully saturated rings. The average molecular weight is 246 g/mol. The van der Waals surface area contributed by atoms with Crippen LogP contribution in [0.2, 0.25) is 0 Å². The van der Waals surface area contributed by atoms with Gasteiger partial charge in [-0.3, -0.25) is 4.79 Å². The summed E-state index contributed by atoms with van der Waals surface area (Å²) in [6.07, 6.45) is 0.597. The first-order chi connectivity index (χ1) is 8.45. The Labute approximate surface area is 109 Å². The van der Waals surface area contributed by atoms with Crippen LogP contribution in [0.1, 0.15) is 38.3 Å². The van der Waals surface area contributed by atoms with Gasteiger partial charge in [0.05, 0.1) is 0 Å². The van der Waals surface area contributed by atoms with Gasteiger partial charge in [0, 0.05) is 25.6 Å². The zero-order valence-corrected chi connectivity index (χ0v) is 11.4. The van der Waals surface area contributed by atoms with Gasteiger partial charge in [0.25, 0.3) is 0 Å². The van der Waals surface area contributed by atoms with Gasteiger partial charge in [0.15, 0.2) is 0 Å². The number of benzene rings is 1. The van der Waals surface area contributed by atoms with Crippen LogP contribution >= 0.6 is 0 Å². The lowest BCUT2D eigenvalue weighted by Crippen LogP contribution is -2.30. The molecule has 2 rings (SSSR count). The third-order valence-electron chi connectivity index (χ3n) is 3.39. The van der Waals surface area contributed by atoms with Crippen LogP contribution in [-0.4, -0.2) is 18.5 Å². The largest absolute Gasteiger partial charge is 0.354 e. The first-order valence-electron chi connectivity index (χ1n) is 6.54. The Morgan fingerprint density at radius 1 is 1.28 bits per heavy atom. The van der Waals surface area contributed by atoms with Crippen molar-refractivity contribution in [2.75, 3.05) is 6.54 Å². The summed E-state index contributed by atoms with van der Waals surface area (Å²) in [6.45, 7) is 8.23. The van der Waals surface area contributed by atoms with Crippen molar-refractivity contribution in [3.63, 3.8) is 0 Å². The molecule has 1 unspecified atom stereocenters. The van der Waals surface area contributed by atoms with Crippen LogP contribution in [0.3, 0.4) is 0 Å². The Bertz CT molecular complexity index is 417. The van der Waals surface area contributed by atoms with Crippen LogP contribution in [0.15, 0.2) is 24.3 Å². The van der Waals surface area contributed by atoms with Crippen molar-refractivity contribution < 1.29 is 4.79 Å². The maximum Gasteiger partial charge on any atom is 0.221 e. The average Bonchev–Trinajstić information content (AvgIpc) is 2.72. The minimum atomic E-state index is 0.149. The third-order valence-corrected chi connectivity index (χ3v) is 3.39. The summed E-state index contributed by atoms with van der Waals surface area (Å²) >= 11 is 0. The van der Waals surface area contributed by atoms with Crippen molar-refractivity contribution >= 4 is 5.91 Å². The fraction of sp³-hybridized carbons (Fsp3) is 0.533. The van der Waals surface area contributed by atoms with Crippen LogP contribution in [-0.2, 0) is 16.8 Å². The van der Waals surface area contributed by atoms with E-state index in [1.54, 1.807) is 0 Å². The van der Waals surface area contributed by atoms with E-state index < -0.39 is 0 Å². The van der Waals surface area contributed by atoms with Gasteiger partial charge in [-0.1, -0.05) is 45.0 Å². The standard InChI is InChI=1S/C15H22N2O/c1-15(2,3)12-6-4-11(5-7-12)9-16-13-8-14(18)17-10-13/h4-7,13,16H,8-10H2,1-3H3,(H,17,18). The highest BCUT2D eigenvalue weighted by Crippen LogP contribution is 2.22. The molecule has 1 amide bonds. The molecule has 0 spiro atoms. The van der Waals surface area contributed by atoms with Crippen LogP contribution in [0.25, 0.3) is 0 Å². The normalized spacial score (nSPS) is 19.9. The molecule has 1 heterocycles. The number of carbonyl (C=O) groups is 1. The molecular weight excluding hydrogens is 224 g/mol. The molecule has 98 valence electrons. The number of hydrogen-bond donors (Lipinski definition) is 2. The molecule has 18 heavy (non-hydrogen) atoms. The fourth-order valence-electron chi connectivity index (χ4n) is 2.13. The van der Waals surface area contributed by atoms with Gasteiger partial charge < -0.3 is 10.6 Å². The number of nitrogens with one attached hydrogen (secondary N) is 2. The maximum absolute atomic E-state index is 11.1. The summed E-state index contributed by atoms with van der Waals surface area (Å²) in [5.74, 6) is 0.149. The van der Waals surface area contributed by atoms with E-state index in [1.807, 2.05) is 0 Å². The molecule has 1 atom stereocenters. The lowest BCUT2D eigenvalue weighted by molar-refractivity contribution is -0.119. The van der Waals surface area contributed by atoms with Gasteiger partial charge in [-0.15, -0.1) is 0 Å². The van der Waals surface area contributed by atoms with Crippen LogP contribution in [0, 0.1) is 0 Å². The SMILES string of the molecule is CC(C)(C)c1ccc(CNC2CNC(=O)C2)cc1. The first kappa shape index (κ1) is 13.1. The summed E-state index contributed by atoms with van der Waals surface area (Å²) in [4.78, 5) is 11.1. The number of carbonyl (C=O) groups excluding carboxylic acids is 1. The molecule has 0 aromatic heterocycles. The van der Waals surface area contributed by atoms with E-state index in [2.05, 4.69) is 55.7 Å². The Morgan fingerprint density at radius 3 is 2.44 bits per heavy atom. The molecule has 0 radical (unpaired) electrons. The minimum absolute atomic E-state index is 0.149. The molecule has 2 N–H and O–H groups in total. The molecule has 0 aliphatic carbocycles. The van der Waals surface area contributed by atoms with Crippen LogP contribution < -0.4 is 10.6 Å². The lowest BCUT2D eigenvalue weighted by atomic mass is 9.87. The van der Waals surface area contributed by atoms with Gasteiger partial charge in [0.2, 0.25) is 5.91 Å². The second-order valence-corrected chi connectivity index (χ2v) is 6.03. The molecule has 0 saturated carbocycles. The zero-order valence-electron chi connectivity index (χ0n) is 11.4. The van der Waals surface area contributed by atoms with Crippen molar-refractivity contribution in [2.24, 2.45) is 0 Å². The van der Waals surface area contributed by atoms with Gasteiger partial charge >= 0.3 is 0 Å². The smallest absolute Gasteiger partial charge is 0.221 e. The summed E-state index contributed by atoms with van der Waals surface area (Å²) in [6, 6.07) is 8.99. The number of amides is 1. The molecule has 1 aromatic rings. The summed E-state index contributed by atoms with van der Waals surface area (Å²) in [5, 5.41) is 6.24. The summed E-state index contributed by atoms with van der Waals surface area (Å²) in [5.41, 5.74) is 2.82. The minimum Gasteiger partial charge on any atom is -0.354 e. The summed E-state index contributed by atoms with van der Waals surface area (Å²) < 4.78 is 0. The highest BCUT2D eigenvalue weighted by Gasteiger charge is 2.20. The Balaban J connectivity index is 1.89. The van der Waals surface area contributed by atoms with E-state index in [9.17, 15) is 4.79 Å². The predicted molar refractivity (Wildman–Crippen MR) is 73.4 cm³/mol. The van der Waals surface area contributed by atoms with Crippen molar-refractivity contribution in [1.29, 1.82) is 0 Å². The monoisotopic (exact) mass is 246 g/mol. The number of rotatable bonds is 3. The van der Waals surface area contributed by atoms with Crippen molar-refractivity contribution in [1.82, 2.24) is 10.6 Å². The quantitative estimate of drug-likeness (QED) is 0.856. The predicted octanol–water partition coefficient (Wildman–Crippen LogP) is 1.96. The molecule has 3 nitrogen and oxygen atoms in total. The fourth-order valence-corrected chi connectivity index (χ4v) is 2.13. The lowest BCUT2D eigenvalue weighted by Gasteiger charge is -2.19. The highest BCUT2D eigenvalue weighted by atomic mass is 16.1. The maximum atomic E-state index is 11.1. The zero-order chi connectivity index (χ0) is 13.2. The first-order valence-corrected chi connectivity index (χ1v) is 6.54. The van der Waals surface area contributed by atoms with Gasteiger partial charge in [-0.2, -0.15) is 0 Å². The Morgan fingerprint density at radius 2 is 1.94 bits per heavy atom. The summed E-state index contributed by atoms with van der Waals surface area (Å²) in [7, 11) is 0. The van der Waals surface area contributed by atoms with E-state index in [-0.39, 0.29) is 17.4 Å². The van der Waals surface area contributed by atoms with Gasteiger partial charge in [0.1, 0.15) is 0 Å². The second kappa shape index (κ2) is 5.11. The van der Waals surface area contributed by atoms with E-state index in [0.29, 0.717) is 6.42 Å². The Hall–Kier alpha value is -1.35. The van der Waals surface area contributed by atoms with Crippen molar-refractivity contribution in [2.45, 2.75) is 45.2 Å². The molecule has 1 saturated heterocycles. The molecule has 1 aromatic carbocycles. The second-order valence-electron chi connectivity index (χ2n) is 6.03. The van der Waals surface area contributed by atoms with E-state index in [1.165, 1.54) is 11.1 Å². The molecule has 1 aliphatic rings. The third kappa shape index (κ3) is 3.33. The highest BCUT2D eigenvalue weighted by molar-refractivity contribution is 5.78. The van der Waals surface area contributed by atoms with Gasteiger partial charge in [-0.05, 0) is 16.5 Å². The van der Waals surface area contributed by atoms with E-state index in [4.69, 9.17) is 0 Å². The molecule has 3 heteroatoms. The number of hydrogen-bond acceptors (Lipinski definition) is 2. The van der Waals surface area contributed by atoms with E-state index in [0.717, 1.165) is 13.1 Å². The molecule has 1 aliphatic heterocycles. The van der Waals surface area contributed by atoms with Crippen LogP contribution in [0.5, 0.6) is 0 Å². The van der Waals surface area contributed by atoms with E-state index >= 15 is 0 Å². The van der Waals surface area contributed by atoms with Crippen molar-refractivity contribution in [3.8, 4) is 0 Å². The topological polar surface area (TPSA) is 41.1 Å². The van der Waals surface area contributed by atoms with Gasteiger partial charge in [-0.25, -0.2) is 0 Å². The molecule has 0 bridgehead atoms.